The van der Waals surface area contributed by atoms with Crippen molar-refractivity contribution >= 4 is 5.97 Å². The maximum atomic E-state index is 14.4. The van der Waals surface area contributed by atoms with Crippen LogP contribution in [0.4, 0.5) is 0 Å². The van der Waals surface area contributed by atoms with Gasteiger partial charge in [-0.25, -0.2) is 0 Å². The monoisotopic (exact) mass is 1130 g/mol. The van der Waals surface area contributed by atoms with Crippen molar-refractivity contribution in [3.05, 3.63) is 24.3 Å². The third-order valence-electron chi connectivity index (χ3n) is 21.6. The second-order valence-corrected chi connectivity index (χ2v) is 27.5. The fraction of sp³-hybridized carbons (Fsp3) is 0.917. The summed E-state index contributed by atoms with van der Waals surface area (Å²) in [5.41, 5.74) is 2.07. The molecule has 0 saturated carbocycles. The summed E-state index contributed by atoms with van der Waals surface area (Å²) in [5, 5.41) is 54.0. The van der Waals surface area contributed by atoms with E-state index < -0.39 is 109 Å². The summed E-state index contributed by atoms with van der Waals surface area (Å²) in [7, 11) is 0. The van der Waals surface area contributed by atoms with Gasteiger partial charge in [-0.05, 0) is 80.3 Å². The van der Waals surface area contributed by atoms with E-state index >= 15 is 0 Å². The van der Waals surface area contributed by atoms with Crippen molar-refractivity contribution < 1.29 is 96.6 Å². The highest BCUT2D eigenvalue weighted by Gasteiger charge is 2.68. The summed E-state index contributed by atoms with van der Waals surface area (Å²) in [6, 6.07) is 0. The van der Waals surface area contributed by atoms with Gasteiger partial charge < -0.3 is 91.8 Å². The van der Waals surface area contributed by atoms with Crippen molar-refractivity contribution in [1.82, 2.24) is 0 Å². The van der Waals surface area contributed by atoms with E-state index in [0.29, 0.717) is 64.2 Å². The molecule has 32 atom stereocenters. The van der Waals surface area contributed by atoms with Crippen LogP contribution in [0, 0.1) is 23.7 Å². The number of carbonyl (C=O) groups excluding carboxylic acids is 1. The van der Waals surface area contributed by atoms with Crippen molar-refractivity contribution in [3.63, 3.8) is 0 Å². The third kappa shape index (κ3) is 10.0. The van der Waals surface area contributed by atoms with Crippen LogP contribution in [0.3, 0.4) is 0 Å². The van der Waals surface area contributed by atoms with E-state index in [1.165, 1.54) is 0 Å². The lowest BCUT2D eigenvalue weighted by Crippen LogP contribution is -2.61. The van der Waals surface area contributed by atoms with E-state index in [1.54, 1.807) is 0 Å². The number of aliphatic hydroxyl groups excluding tert-OH is 4. The molecular weight excluding hydrogens is 1040 g/mol. The van der Waals surface area contributed by atoms with E-state index in [0.717, 1.165) is 43.3 Å². The predicted octanol–water partition coefficient (Wildman–Crippen LogP) is 3.88. The molecule has 17 saturated heterocycles. The van der Waals surface area contributed by atoms with Crippen molar-refractivity contribution in [2.75, 3.05) is 6.61 Å². The lowest BCUT2D eigenvalue weighted by Gasteiger charge is -2.50. The van der Waals surface area contributed by atoms with Gasteiger partial charge in [-0.1, -0.05) is 40.9 Å². The summed E-state index contributed by atoms with van der Waals surface area (Å²) in [5.74, 6) is -3.79. The molecule has 0 radical (unpaired) electrons. The molecule has 17 aliphatic rings. The Morgan fingerprint density at radius 3 is 2.06 bits per heavy atom. The van der Waals surface area contributed by atoms with E-state index in [-0.39, 0.29) is 116 Å². The Morgan fingerprint density at radius 1 is 0.550 bits per heavy atom. The Morgan fingerprint density at radius 2 is 1.24 bits per heavy atom. The van der Waals surface area contributed by atoms with Gasteiger partial charge >= 0.3 is 5.97 Å². The Bertz CT molecular complexity index is 2330. The summed E-state index contributed by atoms with van der Waals surface area (Å²) in [4.78, 5) is 14.4. The molecule has 448 valence electrons. The molecule has 0 aromatic rings. The van der Waals surface area contributed by atoms with E-state index in [1.807, 2.05) is 0 Å². The molecule has 5 N–H and O–H groups in total. The largest absolute Gasteiger partial charge is 0.459 e. The molecule has 0 amide bonds. The molecule has 20 nitrogen and oxygen atoms in total. The first-order valence-corrected chi connectivity index (χ1v) is 30.9. The zero-order valence-corrected chi connectivity index (χ0v) is 47.0. The highest BCUT2D eigenvalue weighted by molar-refractivity contribution is 5.70. The van der Waals surface area contributed by atoms with Gasteiger partial charge in [0.05, 0.1) is 129 Å². The summed E-state index contributed by atoms with van der Waals surface area (Å²) < 4.78 is 94.7. The Kier molecular flexibility index (Phi) is 14.9. The van der Waals surface area contributed by atoms with Crippen LogP contribution < -0.4 is 0 Å². The molecule has 12 bridgehead atoms. The van der Waals surface area contributed by atoms with Crippen LogP contribution >= 0.6 is 0 Å². The quantitative estimate of drug-likeness (QED) is 0.198. The fourth-order valence-electron chi connectivity index (χ4n) is 17.7. The number of esters is 1. The first kappa shape index (κ1) is 56.1. The SMILES string of the molecule is C=C1C[C@@H]2CC[C@@H]3C[C@]4(O)O[C@H]5[C@@H](O)[C@H]6O[C@H](CC[C@@H]6O[C@H]5C4O3)CC(=O)O[C@@H]3[C@@H](C)[C@@H]4O[C@@H]5C[C@]6(C[C@@H]7O[C@]8(C[C@H](C)[C@@H]9O[C@H]([C@@H](O)C[C@@H](O)CO)C[C@@H]9O8)C[C@H](C)[C@@H]7O6)O[C@@H]5C[C@@H]4O[C@H]3C[C@H]3O[C@@H](CC[C@@H]1O2)C[C@@H](C)C3=C. The smallest absolute Gasteiger partial charge is 0.308 e. The lowest BCUT2D eigenvalue weighted by atomic mass is 9.79. The fourth-order valence-corrected chi connectivity index (χ4v) is 17.7. The number of rotatable bonds is 4. The molecule has 2 spiro atoms. The van der Waals surface area contributed by atoms with Gasteiger partial charge in [0, 0.05) is 63.7 Å². The predicted molar refractivity (Wildman–Crippen MR) is 277 cm³/mol. The van der Waals surface area contributed by atoms with Crippen molar-refractivity contribution in [3.8, 4) is 0 Å². The molecule has 0 aliphatic carbocycles. The summed E-state index contributed by atoms with van der Waals surface area (Å²) in [6.07, 6.45) is -2.66. The van der Waals surface area contributed by atoms with Crippen LogP contribution in [-0.2, 0) is 71.1 Å². The normalized spacial score (nSPS) is 56.3. The average Bonchev–Trinajstić information content (AvgIpc) is 4.43. The summed E-state index contributed by atoms with van der Waals surface area (Å²) >= 11 is 0. The van der Waals surface area contributed by atoms with Gasteiger partial charge in [-0.2, -0.15) is 0 Å². The van der Waals surface area contributed by atoms with E-state index in [4.69, 9.17) is 66.3 Å². The topological polar surface area (TPSA) is 247 Å². The second kappa shape index (κ2) is 21.3. The van der Waals surface area contributed by atoms with E-state index in [2.05, 4.69) is 40.9 Å². The minimum Gasteiger partial charge on any atom is -0.459 e. The number of carbonyl (C=O) groups is 1. The Hall–Kier alpha value is -1.77. The summed E-state index contributed by atoms with van der Waals surface area (Å²) in [6.45, 7) is 17.2. The van der Waals surface area contributed by atoms with Gasteiger partial charge in [0.2, 0.25) is 0 Å². The number of fused-ring (bicyclic) bond motifs is 5. The molecule has 17 rings (SSSR count). The molecule has 17 fully saturated rings. The Labute approximate surface area is 469 Å². The number of aliphatic hydroxyl groups is 5. The highest BCUT2D eigenvalue weighted by atomic mass is 16.8. The minimum absolute atomic E-state index is 0.0153. The molecule has 0 aromatic heterocycles. The second-order valence-electron chi connectivity index (χ2n) is 27.5. The first-order chi connectivity index (χ1) is 38.3. The van der Waals surface area contributed by atoms with Crippen LogP contribution in [0.25, 0.3) is 0 Å². The average molecular weight is 1130 g/mol. The number of hydrogen-bond donors (Lipinski definition) is 5. The zero-order chi connectivity index (χ0) is 55.3. The van der Waals surface area contributed by atoms with Crippen LogP contribution in [-0.4, -0.2) is 208 Å². The Balaban J connectivity index is 0.677. The van der Waals surface area contributed by atoms with Gasteiger partial charge in [0.1, 0.15) is 36.6 Å². The molecule has 17 heterocycles. The van der Waals surface area contributed by atoms with Gasteiger partial charge in [0.15, 0.2) is 17.4 Å². The maximum Gasteiger partial charge on any atom is 0.308 e. The van der Waals surface area contributed by atoms with Crippen molar-refractivity contribution in [2.45, 2.75) is 313 Å². The standard InChI is InChI=1S/C60H88O20/c1-26-13-34-9-11-38-27(2)14-33(67-38)7-8-36-22-60(66)57(70-36)56-55(80-60)49(65)54-39(72-56)12-10-35(69-54)16-48(64)75-53-31(6)52-44(71-43(53)17-40(68-34)30(26)5)19-42-46(74-52)23-59(76-42)24-47-51(79-59)29(4)21-58(78-47)20-28(3)50-45(77-58)18-41(73-50)37(63)15-32(62)25-61/h26,28-29,31-47,49-57,61-63,65-66H,2,5,7-25H2,1,3-4,6H3/t26-,28+,29+,31+,32-,33+,34+,35-,36-,37+,38+,39+,40-,41+,42-,43+,44+,45+,46-,47+,49+,50+,51+,52+,53-,54+,55+,56-,57?,58-,59+,60+/m1/s1. The van der Waals surface area contributed by atoms with Crippen molar-refractivity contribution in [1.29, 1.82) is 0 Å². The zero-order valence-electron chi connectivity index (χ0n) is 47.0. The molecule has 80 heavy (non-hydrogen) atoms. The molecular formula is C60H88O20. The molecule has 20 heteroatoms. The number of ether oxygens (including phenoxy) is 14. The molecule has 0 aromatic carbocycles. The van der Waals surface area contributed by atoms with Crippen LogP contribution in [0.15, 0.2) is 24.3 Å². The third-order valence-corrected chi connectivity index (χ3v) is 21.6. The van der Waals surface area contributed by atoms with E-state index in [9.17, 15) is 30.3 Å². The first-order valence-electron chi connectivity index (χ1n) is 30.9. The van der Waals surface area contributed by atoms with Crippen molar-refractivity contribution in [2.24, 2.45) is 23.7 Å². The highest BCUT2D eigenvalue weighted by Crippen LogP contribution is 2.57. The number of hydrogen-bond acceptors (Lipinski definition) is 20. The van der Waals surface area contributed by atoms with Crippen LogP contribution in [0.2, 0.25) is 0 Å². The van der Waals surface area contributed by atoms with Gasteiger partial charge in [-0.15, -0.1) is 0 Å². The lowest BCUT2D eigenvalue weighted by molar-refractivity contribution is -0.347. The van der Waals surface area contributed by atoms with Crippen LogP contribution in [0.1, 0.15) is 143 Å². The van der Waals surface area contributed by atoms with Gasteiger partial charge in [0.25, 0.3) is 0 Å². The van der Waals surface area contributed by atoms with Crippen LogP contribution in [0.5, 0.6) is 0 Å². The van der Waals surface area contributed by atoms with Gasteiger partial charge in [-0.3, -0.25) is 4.79 Å². The molecule has 17 aliphatic heterocycles. The minimum atomic E-state index is -1.61. The maximum absolute atomic E-state index is 14.4. The molecule has 1 unspecified atom stereocenters.